The third kappa shape index (κ3) is 6.14. The van der Waals surface area contributed by atoms with Gasteiger partial charge in [0.25, 0.3) is 0 Å². The SMILES string of the molecule is COC(=O)N[C@H](C(=O)[C@@]1(c2ncc(-c3ccc(-c4ccc(-c5cnc([C@@H]6Cc7cccc8c7N6C(=O)CCC8)[nH]5)cc4)cc3)[nH]2)C[C@H](C#N)CN1)C(C)C. The van der Waals surface area contributed by atoms with E-state index in [1.54, 1.807) is 6.20 Å². The van der Waals surface area contributed by atoms with E-state index in [4.69, 9.17) is 9.72 Å². The van der Waals surface area contributed by atoms with Crippen molar-refractivity contribution in [3.8, 4) is 39.7 Å². The number of amides is 2. The second kappa shape index (κ2) is 14.1. The summed E-state index contributed by atoms with van der Waals surface area (Å²) in [6.45, 7) is 4.02. The fraction of sp³-hybridized carbons (Fsp3) is 0.333. The lowest BCUT2D eigenvalue weighted by molar-refractivity contribution is -0.128. The molecule has 0 aliphatic carbocycles. The Morgan fingerprint density at radius 1 is 0.926 bits per heavy atom. The zero-order chi connectivity index (χ0) is 37.6. The average molecular weight is 723 g/mol. The van der Waals surface area contributed by atoms with Crippen LogP contribution in [0.5, 0.6) is 0 Å². The zero-order valence-electron chi connectivity index (χ0n) is 30.5. The summed E-state index contributed by atoms with van der Waals surface area (Å²) in [5, 5.41) is 15.7. The molecule has 0 radical (unpaired) electrons. The lowest BCUT2D eigenvalue weighted by Crippen LogP contribution is -2.57. The van der Waals surface area contributed by atoms with Gasteiger partial charge in [-0.25, -0.2) is 14.8 Å². The molecule has 1 saturated heterocycles. The number of Topliss-reactive ketones (excluding diaryl/α,β-unsaturated/α-hetero) is 1. The third-order valence-corrected chi connectivity index (χ3v) is 11.1. The van der Waals surface area contributed by atoms with Crippen molar-refractivity contribution >= 4 is 23.5 Å². The standard InChI is InChI=1S/C42H42N8O4/c1-24(2)36(49-41(53)54-3)38(52)42(19-25(20-43)21-46-42)40-45-23-33(48-40)29-16-12-27(13-17-29)26-10-14-28(15-11-26)32-22-44-39(47-32)34-18-31-8-4-6-30-7-5-9-35(51)50(34)37(30)31/h4,6,8,10-17,22-25,34,36,46H,5,7,9,18-19,21H2,1-3H3,(H,44,47)(H,45,48)(H,49,53)/t25-,34+,36+,42-/m1/s1. The molecular weight excluding hydrogens is 681 g/mol. The van der Waals surface area contributed by atoms with E-state index in [1.807, 2.05) is 49.2 Å². The molecule has 12 heteroatoms. The number of nitriles is 1. The Bertz CT molecular complexity index is 2270. The Morgan fingerprint density at radius 2 is 1.57 bits per heavy atom. The minimum atomic E-state index is -1.28. The van der Waals surface area contributed by atoms with Gasteiger partial charge >= 0.3 is 6.09 Å². The van der Waals surface area contributed by atoms with Crippen molar-refractivity contribution in [2.75, 3.05) is 18.6 Å². The predicted molar refractivity (Wildman–Crippen MR) is 203 cm³/mol. The number of para-hydroxylation sites is 1. The van der Waals surface area contributed by atoms with Gasteiger partial charge in [-0.3, -0.25) is 14.9 Å². The first kappa shape index (κ1) is 35.0. The quantitative estimate of drug-likeness (QED) is 0.136. The topological polar surface area (TPSA) is 169 Å². The first-order valence-corrected chi connectivity index (χ1v) is 18.5. The average Bonchev–Trinajstić information content (AvgIpc) is 4.01. The monoisotopic (exact) mass is 722 g/mol. The number of hydrogen-bond donors (Lipinski definition) is 4. The number of hydrogen-bond acceptors (Lipinski definition) is 8. The highest BCUT2D eigenvalue weighted by Crippen LogP contribution is 2.44. The van der Waals surface area contributed by atoms with Crippen LogP contribution < -0.4 is 15.5 Å². The maximum atomic E-state index is 14.1. The maximum absolute atomic E-state index is 14.1. The molecule has 3 aliphatic rings. The van der Waals surface area contributed by atoms with Crippen molar-refractivity contribution in [3.05, 3.63) is 102 Å². The van der Waals surface area contributed by atoms with Crippen LogP contribution in [-0.2, 0) is 32.7 Å². The van der Waals surface area contributed by atoms with Gasteiger partial charge in [-0.1, -0.05) is 80.6 Å². The highest BCUT2D eigenvalue weighted by Gasteiger charge is 2.52. The molecule has 2 amide bonds. The number of H-pyrrole nitrogens is 2. The van der Waals surface area contributed by atoms with Crippen LogP contribution >= 0.6 is 0 Å². The molecule has 2 aromatic heterocycles. The molecule has 3 aromatic carbocycles. The highest BCUT2D eigenvalue weighted by molar-refractivity contribution is 5.98. The number of alkyl carbamates (subject to hydrolysis) is 1. The van der Waals surface area contributed by atoms with Crippen LogP contribution in [0.2, 0.25) is 0 Å². The Morgan fingerprint density at radius 3 is 2.22 bits per heavy atom. The van der Waals surface area contributed by atoms with Crippen molar-refractivity contribution in [3.63, 3.8) is 0 Å². The molecule has 0 saturated carbocycles. The fourth-order valence-corrected chi connectivity index (χ4v) is 8.24. The molecule has 0 unspecified atom stereocenters. The van der Waals surface area contributed by atoms with E-state index in [0.717, 1.165) is 64.4 Å². The van der Waals surface area contributed by atoms with E-state index in [9.17, 15) is 19.6 Å². The molecule has 54 heavy (non-hydrogen) atoms. The lowest BCUT2D eigenvalue weighted by Gasteiger charge is -2.32. The second-order valence-electron chi connectivity index (χ2n) is 14.8. The summed E-state index contributed by atoms with van der Waals surface area (Å²) in [4.78, 5) is 57.7. The van der Waals surface area contributed by atoms with Gasteiger partial charge in [0.2, 0.25) is 5.91 Å². The van der Waals surface area contributed by atoms with Gasteiger partial charge in [0.05, 0.1) is 60.6 Å². The Hall–Kier alpha value is -6.06. The minimum absolute atomic E-state index is 0.139. The normalized spacial score (nSPS) is 21.0. The Labute approximate surface area is 313 Å². The first-order chi connectivity index (χ1) is 26.2. The Balaban J connectivity index is 0.990. The van der Waals surface area contributed by atoms with Gasteiger partial charge in [0, 0.05) is 19.4 Å². The summed E-state index contributed by atoms with van der Waals surface area (Å²) >= 11 is 0. The summed E-state index contributed by atoms with van der Waals surface area (Å²) in [6, 6.07) is 24.0. The van der Waals surface area contributed by atoms with Crippen LogP contribution in [0.4, 0.5) is 10.5 Å². The van der Waals surface area contributed by atoms with Crippen LogP contribution in [0, 0.1) is 23.2 Å². The maximum Gasteiger partial charge on any atom is 0.407 e. The summed E-state index contributed by atoms with van der Waals surface area (Å²) in [5.41, 5.74) is 7.84. The van der Waals surface area contributed by atoms with E-state index in [-0.39, 0.29) is 30.1 Å². The fourth-order valence-electron chi connectivity index (χ4n) is 8.24. The van der Waals surface area contributed by atoms with Crippen molar-refractivity contribution in [2.45, 2.75) is 63.6 Å². The number of benzene rings is 3. The summed E-state index contributed by atoms with van der Waals surface area (Å²) in [7, 11) is 1.26. The summed E-state index contributed by atoms with van der Waals surface area (Å²) < 4.78 is 4.79. The number of carbonyl (C=O) groups excluding carboxylic acids is 3. The number of aryl methyl sites for hydroxylation is 1. The van der Waals surface area contributed by atoms with Gasteiger partial charge in [0.15, 0.2) is 5.78 Å². The van der Waals surface area contributed by atoms with E-state index in [0.29, 0.717) is 18.8 Å². The van der Waals surface area contributed by atoms with Gasteiger partial charge in [-0.2, -0.15) is 5.26 Å². The van der Waals surface area contributed by atoms with E-state index in [2.05, 4.69) is 74.1 Å². The number of aromatic amines is 2. The largest absolute Gasteiger partial charge is 0.453 e. The van der Waals surface area contributed by atoms with Gasteiger partial charge in [-0.15, -0.1) is 0 Å². The number of rotatable bonds is 9. The predicted octanol–water partition coefficient (Wildman–Crippen LogP) is 6.38. The number of imidazole rings is 2. The molecule has 274 valence electrons. The number of methoxy groups -OCH3 is 1. The van der Waals surface area contributed by atoms with Crippen LogP contribution in [0.3, 0.4) is 0 Å². The smallest absolute Gasteiger partial charge is 0.407 e. The number of aromatic nitrogens is 4. The van der Waals surface area contributed by atoms with Crippen molar-refractivity contribution in [2.24, 2.45) is 11.8 Å². The molecule has 0 spiro atoms. The highest BCUT2D eigenvalue weighted by atomic mass is 16.5. The lowest BCUT2D eigenvalue weighted by atomic mass is 9.81. The third-order valence-electron chi connectivity index (χ3n) is 11.1. The summed E-state index contributed by atoms with van der Waals surface area (Å²) in [6.07, 6.45) is 6.15. The van der Waals surface area contributed by atoms with Crippen molar-refractivity contribution in [1.29, 1.82) is 5.26 Å². The van der Waals surface area contributed by atoms with Gasteiger partial charge in [0.1, 0.15) is 17.2 Å². The Kier molecular flexibility index (Phi) is 9.11. The molecule has 12 nitrogen and oxygen atoms in total. The van der Waals surface area contributed by atoms with Crippen molar-refractivity contribution < 1.29 is 19.1 Å². The molecule has 5 heterocycles. The van der Waals surface area contributed by atoms with Gasteiger partial charge in [-0.05, 0) is 58.6 Å². The zero-order valence-corrected chi connectivity index (χ0v) is 30.5. The number of nitrogens with zero attached hydrogens (tertiary/aromatic N) is 4. The van der Waals surface area contributed by atoms with Crippen LogP contribution in [0.15, 0.2) is 79.1 Å². The number of anilines is 1. The summed E-state index contributed by atoms with van der Waals surface area (Å²) in [5.74, 6) is 0.461. The molecule has 5 aromatic rings. The van der Waals surface area contributed by atoms with E-state index in [1.165, 1.54) is 18.2 Å². The van der Waals surface area contributed by atoms with E-state index < -0.39 is 23.6 Å². The molecule has 4 N–H and O–H groups in total. The number of nitrogens with one attached hydrogen (secondary N) is 4. The molecule has 8 rings (SSSR count). The van der Waals surface area contributed by atoms with Crippen LogP contribution in [0.25, 0.3) is 33.6 Å². The first-order valence-electron chi connectivity index (χ1n) is 18.5. The molecule has 1 fully saturated rings. The molecule has 4 atom stereocenters. The molecular formula is C42H42N8O4. The number of ether oxygens (including phenoxy) is 1. The second-order valence-corrected chi connectivity index (χ2v) is 14.8. The van der Waals surface area contributed by atoms with Crippen LogP contribution in [-0.4, -0.2) is 57.4 Å². The number of carbonyl (C=O) groups is 3. The van der Waals surface area contributed by atoms with Crippen molar-refractivity contribution in [1.82, 2.24) is 30.6 Å². The van der Waals surface area contributed by atoms with Gasteiger partial charge < -0.3 is 24.9 Å². The van der Waals surface area contributed by atoms with Crippen LogP contribution in [0.1, 0.15) is 61.9 Å². The molecule has 3 aliphatic heterocycles. The van der Waals surface area contributed by atoms with E-state index >= 15 is 0 Å². The molecule has 0 bridgehead atoms. The minimum Gasteiger partial charge on any atom is -0.453 e. The number of ketones is 1.